The maximum Gasteiger partial charge on any atom is 0.238 e. The van der Waals surface area contributed by atoms with Gasteiger partial charge in [-0.1, -0.05) is 94.0 Å². The van der Waals surface area contributed by atoms with Gasteiger partial charge >= 0.3 is 0 Å². The van der Waals surface area contributed by atoms with Gasteiger partial charge in [-0.25, -0.2) is 4.98 Å². The van der Waals surface area contributed by atoms with Gasteiger partial charge in [0, 0.05) is 43.4 Å². The van der Waals surface area contributed by atoms with Gasteiger partial charge in [-0.2, -0.15) is 9.97 Å². The number of hydrogen-bond donors (Lipinski definition) is 0. The molecule has 6 nitrogen and oxygen atoms in total. The minimum absolute atomic E-state index is 0.564. The van der Waals surface area contributed by atoms with Crippen LogP contribution in [-0.2, 0) is 0 Å². The molecule has 0 bridgehead atoms. The van der Waals surface area contributed by atoms with Crippen molar-refractivity contribution >= 4 is 65.4 Å². The quantitative estimate of drug-likeness (QED) is 0.174. The van der Waals surface area contributed by atoms with Crippen LogP contribution in [0.4, 0.5) is 0 Å². The van der Waals surface area contributed by atoms with E-state index in [1.807, 2.05) is 0 Å². The molecule has 0 amide bonds. The zero-order chi connectivity index (χ0) is 42.7. The lowest BCUT2D eigenvalue weighted by Crippen LogP contribution is -2.09. The van der Waals surface area contributed by atoms with E-state index in [2.05, 4.69) is 213 Å². The topological polar surface area (TPSA) is 53.5 Å². The molecular formula is C57H44N6. The summed E-state index contributed by atoms with van der Waals surface area (Å²) in [5.41, 5.74) is 17.8. The molecule has 0 unspecified atom stereocenters. The molecule has 0 fully saturated rings. The Morgan fingerprint density at radius 3 is 0.857 bits per heavy atom. The summed E-state index contributed by atoms with van der Waals surface area (Å²) in [6.45, 7) is 13.0. The molecule has 0 N–H and O–H groups in total. The monoisotopic (exact) mass is 812 g/mol. The number of aryl methyl sites for hydroxylation is 6. The van der Waals surface area contributed by atoms with Gasteiger partial charge in [0.1, 0.15) is 0 Å². The average Bonchev–Trinajstić information content (AvgIpc) is 3.90. The highest BCUT2D eigenvalue weighted by Crippen LogP contribution is 2.40. The molecule has 0 aliphatic carbocycles. The highest BCUT2D eigenvalue weighted by atomic mass is 15.2. The van der Waals surface area contributed by atoms with Gasteiger partial charge in [0.15, 0.2) is 11.6 Å². The number of hydrogen-bond acceptors (Lipinski definition) is 3. The van der Waals surface area contributed by atoms with E-state index in [0.29, 0.717) is 17.6 Å². The van der Waals surface area contributed by atoms with E-state index in [0.717, 1.165) is 55.6 Å². The first kappa shape index (κ1) is 37.0. The van der Waals surface area contributed by atoms with Crippen LogP contribution in [0.1, 0.15) is 33.4 Å². The highest BCUT2D eigenvalue weighted by molar-refractivity contribution is 6.12. The number of aromatic nitrogens is 6. The Bertz CT molecular complexity index is 3510. The Hall–Kier alpha value is -7.83. The van der Waals surface area contributed by atoms with Crippen LogP contribution < -0.4 is 0 Å². The van der Waals surface area contributed by atoms with E-state index >= 15 is 0 Å². The Morgan fingerprint density at radius 1 is 0.286 bits per heavy atom. The van der Waals surface area contributed by atoms with Gasteiger partial charge in [0.05, 0.1) is 44.5 Å². The molecule has 0 radical (unpaired) electrons. The van der Waals surface area contributed by atoms with Crippen LogP contribution in [0.5, 0.6) is 0 Å². The largest absolute Gasteiger partial charge is 0.309 e. The van der Waals surface area contributed by atoms with Crippen LogP contribution in [0.25, 0.3) is 106 Å². The molecule has 0 aliphatic heterocycles. The van der Waals surface area contributed by atoms with Crippen molar-refractivity contribution < 1.29 is 0 Å². The number of para-hydroxylation sites is 2. The van der Waals surface area contributed by atoms with Crippen molar-refractivity contribution in [2.75, 3.05) is 0 Å². The van der Waals surface area contributed by atoms with Gasteiger partial charge in [-0.3, -0.25) is 4.57 Å². The predicted molar refractivity (Wildman–Crippen MR) is 262 cm³/mol. The number of fused-ring (bicyclic) bond motifs is 9. The summed E-state index contributed by atoms with van der Waals surface area (Å²) < 4.78 is 6.98. The van der Waals surface area contributed by atoms with Crippen molar-refractivity contribution in [1.29, 1.82) is 0 Å². The Balaban J connectivity index is 1.18. The van der Waals surface area contributed by atoms with Crippen molar-refractivity contribution in [2.24, 2.45) is 0 Å². The summed E-state index contributed by atoms with van der Waals surface area (Å²) in [6, 6.07) is 57.4. The van der Waals surface area contributed by atoms with Gasteiger partial charge < -0.3 is 9.13 Å². The standard InChI is InChI=1S/C57H44N6/c1-33-15-21-49-41(27-33)42-28-34(2)16-22-50(42)61(49)47-13-9-7-11-39(47)55-58-56(60-57(59-55)63-53-25-19-37(5)31-45(53)46-32-38(6)20-26-54(46)63)40-12-8-10-14-48(40)62-51-23-17-35(3)29-43(51)44-30-36(4)18-24-52(44)62/h7-32H,1-6H3. The molecule has 6 heteroatoms. The second-order valence-electron chi connectivity index (χ2n) is 17.4. The molecule has 0 atom stereocenters. The van der Waals surface area contributed by atoms with E-state index in [9.17, 15) is 0 Å². The molecule has 63 heavy (non-hydrogen) atoms. The van der Waals surface area contributed by atoms with E-state index in [1.54, 1.807) is 0 Å². The number of nitrogens with zero attached hydrogens (tertiary/aromatic N) is 6. The summed E-state index contributed by atoms with van der Waals surface area (Å²) in [4.78, 5) is 16.5. The third kappa shape index (κ3) is 5.75. The molecule has 4 aromatic heterocycles. The minimum Gasteiger partial charge on any atom is -0.309 e. The maximum absolute atomic E-state index is 5.53. The van der Waals surface area contributed by atoms with Crippen LogP contribution in [-0.4, -0.2) is 28.7 Å². The van der Waals surface area contributed by atoms with E-state index in [-0.39, 0.29) is 0 Å². The molecule has 302 valence electrons. The zero-order valence-corrected chi connectivity index (χ0v) is 36.2. The van der Waals surface area contributed by atoms with Gasteiger partial charge in [0.25, 0.3) is 0 Å². The van der Waals surface area contributed by atoms with Crippen molar-refractivity contribution in [3.63, 3.8) is 0 Å². The lowest BCUT2D eigenvalue weighted by molar-refractivity contribution is 0.949. The van der Waals surface area contributed by atoms with Crippen LogP contribution in [0.15, 0.2) is 158 Å². The molecule has 4 heterocycles. The molecule has 8 aromatic carbocycles. The Morgan fingerprint density at radius 2 is 0.556 bits per heavy atom. The van der Waals surface area contributed by atoms with E-state index in [4.69, 9.17) is 15.0 Å². The Labute approximate surface area is 365 Å². The molecule has 0 saturated heterocycles. The SMILES string of the molecule is Cc1ccc2c(c1)c1cc(C)ccc1n2-c1nc(-c2ccccc2-n2c3ccc(C)cc3c3cc(C)ccc32)nc(-c2ccccc2-n2c3ccc(C)cc3c3cc(C)ccc32)n1. The molecule has 0 spiro atoms. The first-order valence-electron chi connectivity index (χ1n) is 21.7. The van der Waals surface area contributed by atoms with Crippen LogP contribution >= 0.6 is 0 Å². The second-order valence-corrected chi connectivity index (χ2v) is 17.4. The van der Waals surface area contributed by atoms with E-state index < -0.39 is 0 Å². The average molecular weight is 813 g/mol. The third-order valence-electron chi connectivity index (χ3n) is 12.8. The fourth-order valence-electron chi connectivity index (χ4n) is 9.91. The van der Waals surface area contributed by atoms with Gasteiger partial charge in [-0.05, 0) is 139 Å². The predicted octanol–water partition coefficient (Wildman–Crippen LogP) is 14.3. The van der Waals surface area contributed by atoms with Gasteiger partial charge in [-0.15, -0.1) is 0 Å². The van der Waals surface area contributed by atoms with Crippen LogP contribution in [0.3, 0.4) is 0 Å². The second kappa shape index (κ2) is 13.8. The Kier molecular flexibility index (Phi) is 8.13. The molecular weight excluding hydrogens is 769 g/mol. The fraction of sp³-hybridized carbons (Fsp3) is 0.105. The highest BCUT2D eigenvalue weighted by Gasteiger charge is 2.24. The maximum atomic E-state index is 5.53. The zero-order valence-electron chi connectivity index (χ0n) is 36.2. The van der Waals surface area contributed by atoms with Crippen molar-refractivity contribution in [2.45, 2.75) is 41.5 Å². The number of rotatable bonds is 5. The molecule has 0 aliphatic rings. The first-order valence-corrected chi connectivity index (χ1v) is 21.7. The van der Waals surface area contributed by atoms with Crippen LogP contribution in [0.2, 0.25) is 0 Å². The summed E-state index contributed by atoms with van der Waals surface area (Å²) in [6.07, 6.45) is 0. The molecule has 12 rings (SSSR count). The van der Waals surface area contributed by atoms with E-state index in [1.165, 1.54) is 65.7 Å². The summed E-state index contributed by atoms with van der Waals surface area (Å²) in [7, 11) is 0. The molecule has 12 aromatic rings. The molecule has 0 saturated carbocycles. The third-order valence-corrected chi connectivity index (χ3v) is 12.8. The van der Waals surface area contributed by atoms with Gasteiger partial charge in [0.2, 0.25) is 5.95 Å². The fourth-order valence-corrected chi connectivity index (χ4v) is 9.91. The normalized spacial score (nSPS) is 12.0. The van der Waals surface area contributed by atoms with Crippen molar-refractivity contribution in [3.8, 4) is 40.1 Å². The summed E-state index contributed by atoms with van der Waals surface area (Å²) >= 11 is 0. The van der Waals surface area contributed by atoms with Crippen molar-refractivity contribution in [1.82, 2.24) is 28.7 Å². The van der Waals surface area contributed by atoms with Crippen LogP contribution in [0, 0.1) is 41.5 Å². The summed E-state index contributed by atoms with van der Waals surface area (Å²) in [5, 5.41) is 7.24. The van der Waals surface area contributed by atoms with Crippen molar-refractivity contribution in [3.05, 3.63) is 191 Å². The lowest BCUT2D eigenvalue weighted by atomic mass is 10.1. The minimum atomic E-state index is 0.564. The lowest BCUT2D eigenvalue weighted by Gasteiger charge is -2.17. The number of benzene rings is 8. The first-order chi connectivity index (χ1) is 30.7. The summed E-state index contributed by atoms with van der Waals surface area (Å²) in [5.74, 6) is 1.75. The smallest absolute Gasteiger partial charge is 0.238 e.